The molecule has 0 aromatic heterocycles. The molecule has 0 bridgehead atoms. The van der Waals surface area contributed by atoms with Gasteiger partial charge in [-0.1, -0.05) is 35.5 Å². The van der Waals surface area contributed by atoms with Crippen LogP contribution in [0.15, 0.2) is 48.6 Å². The summed E-state index contributed by atoms with van der Waals surface area (Å²) in [4.78, 5) is 0. The Morgan fingerprint density at radius 3 is 1.71 bits per heavy atom. The first-order valence-corrected chi connectivity index (χ1v) is 5.44. The SMILES string of the molecule is C=CC/C1=C/CC/C=C(/CC=C)CC1. The molecule has 0 spiro atoms. The average Bonchev–Trinajstić information content (AvgIpc) is 2.15. The topological polar surface area (TPSA) is 0 Å². The molecular formula is C14H20. The van der Waals surface area contributed by atoms with Crippen molar-refractivity contribution < 1.29 is 0 Å². The molecule has 0 amide bonds. The van der Waals surface area contributed by atoms with Crippen LogP contribution in [0.3, 0.4) is 0 Å². The van der Waals surface area contributed by atoms with E-state index in [9.17, 15) is 0 Å². The Morgan fingerprint density at radius 2 is 1.36 bits per heavy atom. The van der Waals surface area contributed by atoms with E-state index in [1.807, 2.05) is 12.2 Å². The summed E-state index contributed by atoms with van der Waals surface area (Å²) in [7, 11) is 0. The van der Waals surface area contributed by atoms with Crippen LogP contribution in [0.25, 0.3) is 0 Å². The lowest BCUT2D eigenvalue weighted by molar-refractivity contribution is 0.830. The van der Waals surface area contributed by atoms with Crippen LogP contribution in [0.5, 0.6) is 0 Å². The second-order valence-electron chi connectivity index (χ2n) is 3.79. The fourth-order valence-electron chi connectivity index (χ4n) is 1.84. The summed E-state index contributed by atoms with van der Waals surface area (Å²) in [5.41, 5.74) is 3.10. The Kier molecular flexibility index (Phi) is 5.06. The van der Waals surface area contributed by atoms with Crippen molar-refractivity contribution in [1.29, 1.82) is 0 Å². The predicted octanol–water partition coefficient (Wildman–Crippen LogP) is 4.57. The lowest BCUT2D eigenvalue weighted by Crippen LogP contribution is -1.91. The third-order valence-corrected chi connectivity index (χ3v) is 2.61. The molecule has 0 saturated heterocycles. The molecule has 0 atom stereocenters. The van der Waals surface area contributed by atoms with Crippen molar-refractivity contribution >= 4 is 0 Å². The summed E-state index contributed by atoms with van der Waals surface area (Å²) >= 11 is 0. The van der Waals surface area contributed by atoms with E-state index in [4.69, 9.17) is 0 Å². The second-order valence-corrected chi connectivity index (χ2v) is 3.79. The van der Waals surface area contributed by atoms with Crippen LogP contribution in [0.2, 0.25) is 0 Å². The quantitative estimate of drug-likeness (QED) is 0.567. The van der Waals surface area contributed by atoms with Crippen molar-refractivity contribution in [2.24, 2.45) is 0 Å². The Labute approximate surface area is 87.7 Å². The maximum atomic E-state index is 3.79. The zero-order valence-corrected chi connectivity index (χ0v) is 8.97. The van der Waals surface area contributed by atoms with Gasteiger partial charge in [0.05, 0.1) is 0 Å². The van der Waals surface area contributed by atoms with Gasteiger partial charge < -0.3 is 0 Å². The minimum atomic E-state index is 1.06. The molecular weight excluding hydrogens is 168 g/mol. The van der Waals surface area contributed by atoms with Gasteiger partial charge in [0.2, 0.25) is 0 Å². The van der Waals surface area contributed by atoms with Gasteiger partial charge in [-0.05, 0) is 38.5 Å². The number of hydrogen-bond acceptors (Lipinski definition) is 0. The van der Waals surface area contributed by atoms with E-state index in [1.54, 1.807) is 11.1 Å². The van der Waals surface area contributed by atoms with E-state index in [2.05, 4.69) is 25.3 Å². The molecule has 1 aliphatic carbocycles. The van der Waals surface area contributed by atoms with Gasteiger partial charge in [-0.25, -0.2) is 0 Å². The molecule has 0 radical (unpaired) electrons. The molecule has 0 aromatic rings. The van der Waals surface area contributed by atoms with Crippen LogP contribution in [-0.2, 0) is 0 Å². The summed E-state index contributed by atoms with van der Waals surface area (Å²) in [5.74, 6) is 0. The molecule has 0 fully saturated rings. The highest BCUT2D eigenvalue weighted by molar-refractivity contribution is 5.15. The third kappa shape index (κ3) is 3.78. The van der Waals surface area contributed by atoms with Gasteiger partial charge in [0.15, 0.2) is 0 Å². The zero-order chi connectivity index (χ0) is 10.2. The van der Waals surface area contributed by atoms with Crippen molar-refractivity contribution in [3.63, 3.8) is 0 Å². The largest absolute Gasteiger partial charge is 0.103 e. The van der Waals surface area contributed by atoms with Gasteiger partial charge in [0, 0.05) is 0 Å². The molecule has 0 heteroatoms. The van der Waals surface area contributed by atoms with Gasteiger partial charge in [-0.15, -0.1) is 13.2 Å². The van der Waals surface area contributed by atoms with Crippen LogP contribution in [0.4, 0.5) is 0 Å². The monoisotopic (exact) mass is 188 g/mol. The van der Waals surface area contributed by atoms with Crippen LogP contribution in [0, 0.1) is 0 Å². The first-order chi connectivity index (χ1) is 6.86. The molecule has 1 rings (SSSR count). The summed E-state index contributed by atoms with van der Waals surface area (Å²) in [6.07, 6.45) is 15.6. The minimum absolute atomic E-state index is 1.06. The van der Waals surface area contributed by atoms with Crippen LogP contribution in [-0.4, -0.2) is 0 Å². The Bertz CT molecular complexity index is 225. The zero-order valence-electron chi connectivity index (χ0n) is 8.97. The van der Waals surface area contributed by atoms with E-state index >= 15 is 0 Å². The van der Waals surface area contributed by atoms with Crippen molar-refractivity contribution in [1.82, 2.24) is 0 Å². The van der Waals surface area contributed by atoms with E-state index in [-0.39, 0.29) is 0 Å². The van der Waals surface area contributed by atoms with Gasteiger partial charge in [0.1, 0.15) is 0 Å². The molecule has 0 N–H and O–H groups in total. The summed E-state index contributed by atoms with van der Waals surface area (Å²) < 4.78 is 0. The maximum Gasteiger partial charge on any atom is -0.0141 e. The molecule has 0 nitrogen and oxygen atoms in total. The highest BCUT2D eigenvalue weighted by Crippen LogP contribution is 2.22. The smallest absolute Gasteiger partial charge is 0.0141 e. The van der Waals surface area contributed by atoms with Crippen molar-refractivity contribution in [2.75, 3.05) is 0 Å². The average molecular weight is 188 g/mol. The van der Waals surface area contributed by atoms with Gasteiger partial charge in [-0.2, -0.15) is 0 Å². The second kappa shape index (κ2) is 6.42. The van der Waals surface area contributed by atoms with Gasteiger partial charge >= 0.3 is 0 Å². The molecule has 0 aliphatic heterocycles. The molecule has 0 unspecified atom stereocenters. The first-order valence-electron chi connectivity index (χ1n) is 5.44. The molecule has 0 heterocycles. The molecule has 14 heavy (non-hydrogen) atoms. The standard InChI is InChI=1S/C14H20/c1-3-7-13-9-5-6-10-14(8-4-2)12-11-13/h3-4,9-10H,1-2,5-8,11-12H2/b13-9-,14-10-. The number of allylic oxidation sites excluding steroid dienone is 6. The van der Waals surface area contributed by atoms with Crippen molar-refractivity contribution in [3.8, 4) is 0 Å². The summed E-state index contributed by atoms with van der Waals surface area (Å²) in [6.45, 7) is 7.59. The minimum Gasteiger partial charge on any atom is -0.103 e. The molecule has 76 valence electrons. The Balaban J connectivity index is 2.50. The van der Waals surface area contributed by atoms with E-state index in [0.717, 1.165) is 12.8 Å². The molecule has 1 aliphatic rings. The van der Waals surface area contributed by atoms with E-state index < -0.39 is 0 Å². The van der Waals surface area contributed by atoms with E-state index in [1.165, 1.54) is 25.7 Å². The number of hydrogen-bond donors (Lipinski definition) is 0. The van der Waals surface area contributed by atoms with Crippen LogP contribution in [0.1, 0.15) is 38.5 Å². The van der Waals surface area contributed by atoms with Crippen molar-refractivity contribution in [3.05, 3.63) is 48.6 Å². The molecule has 0 saturated carbocycles. The number of rotatable bonds is 4. The first kappa shape index (κ1) is 11.0. The lowest BCUT2D eigenvalue weighted by atomic mass is 9.95. The highest BCUT2D eigenvalue weighted by atomic mass is 14.1. The van der Waals surface area contributed by atoms with Gasteiger partial charge in [-0.3, -0.25) is 0 Å². The van der Waals surface area contributed by atoms with Crippen LogP contribution >= 0.6 is 0 Å². The maximum absolute atomic E-state index is 3.79. The Morgan fingerprint density at radius 1 is 0.929 bits per heavy atom. The summed E-state index contributed by atoms with van der Waals surface area (Å²) in [5, 5.41) is 0. The van der Waals surface area contributed by atoms with Crippen molar-refractivity contribution in [2.45, 2.75) is 38.5 Å². The van der Waals surface area contributed by atoms with Crippen LogP contribution < -0.4 is 0 Å². The fourth-order valence-corrected chi connectivity index (χ4v) is 1.84. The van der Waals surface area contributed by atoms with E-state index in [0.29, 0.717) is 0 Å². The highest BCUT2D eigenvalue weighted by Gasteiger charge is 2.02. The van der Waals surface area contributed by atoms with Gasteiger partial charge in [0.25, 0.3) is 0 Å². The Hall–Kier alpha value is -1.04. The fraction of sp³-hybridized carbons (Fsp3) is 0.429. The lowest BCUT2D eigenvalue weighted by Gasteiger charge is -2.11. The molecule has 0 aromatic carbocycles. The predicted molar refractivity (Wildman–Crippen MR) is 64.3 cm³/mol. The normalized spacial score (nSPS) is 24.9. The summed E-state index contributed by atoms with van der Waals surface area (Å²) in [6, 6.07) is 0. The third-order valence-electron chi connectivity index (χ3n) is 2.61.